The van der Waals surface area contributed by atoms with Crippen LogP contribution in [0.2, 0.25) is 5.02 Å². The Hall–Kier alpha value is -2.24. The molecule has 0 aliphatic carbocycles. The SMILES string of the molecule is COCCOc1ccc(NCC(=O)NCc2ccccc2Cl)cc1. The molecule has 6 heteroatoms. The monoisotopic (exact) mass is 348 g/mol. The molecule has 0 radical (unpaired) electrons. The maximum absolute atomic E-state index is 11.9. The molecule has 0 spiro atoms. The summed E-state index contributed by atoms with van der Waals surface area (Å²) in [5.74, 6) is 0.663. The molecule has 0 bridgehead atoms. The number of rotatable bonds is 9. The van der Waals surface area contributed by atoms with Crippen LogP contribution < -0.4 is 15.4 Å². The first kappa shape index (κ1) is 18.1. The average Bonchev–Trinajstić information content (AvgIpc) is 2.60. The zero-order valence-corrected chi connectivity index (χ0v) is 14.3. The normalized spacial score (nSPS) is 10.2. The Morgan fingerprint density at radius 3 is 2.54 bits per heavy atom. The largest absolute Gasteiger partial charge is 0.491 e. The fraction of sp³-hybridized carbons (Fsp3) is 0.278. The number of anilines is 1. The maximum Gasteiger partial charge on any atom is 0.239 e. The van der Waals surface area contributed by atoms with Gasteiger partial charge in [-0.3, -0.25) is 4.79 Å². The summed E-state index contributed by atoms with van der Waals surface area (Å²) in [4.78, 5) is 11.9. The zero-order valence-electron chi connectivity index (χ0n) is 13.5. The van der Waals surface area contributed by atoms with Crippen molar-refractivity contribution in [1.29, 1.82) is 0 Å². The summed E-state index contributed by atoms with van der Waals surface area (Å²) in [6.07, 6.45) is 0. The van der Waals surface area contributed by atoms with Gasteiger partial charge in [-0.2, -0.15) is 0 Å². The predicted octanol–water partition coefficient (Wildman–Crippen LogP) is 3.09. The molecule has 0 atom stereocenters. The highest BCUT2D eigenvalue weighted by Crippen LogP contribution is 2.16. The third-order valence-electron chi connectivity index (χ3n) is 3.30. The molecular formula is C18H21ClN2O3. The van der Waals surface area contributed by atoms with Gasteiger partial charge in [-0.15, -0.1) is 0 Å². The van der Waals surface area contributed by atoms with Gasteiger partial charge in [-0.25, -0.2) is 0 Å². The van der Waals surface area contributed by atoms with Crippen molar-refractivity contribution < 1.29 is 14.3 Å². The summed E-state index contributed by atoms with van der Waals surface area (Å²) in [7, 11) is 1.63. The van der Waals surface area contributed by atoms with Crippen molar-refractivity contribution in [2.24, 2.45) is 0 Å². The van der Waals surface area contributed by atoms with Gasteiger partial charge in [0.05, 0.1) is 13.2 Å². The number of benzene rings is 2. The molecule has 0 saturated heterocycles. The fourth-order valence-electron chi connectivity index (χ4n) is 1.99. The van der Waals surface area contributed by atoms with Crippen molar-refractivity contribution in [3.63, 3.8) is 0 Å². The van der Waals surface area contributed by atoms with E-state index in [1.165, 1.54) is 0 Å². The molecular weight excluding hydrogens is 328 g/mol. The van der Waals surface area contributed by atoms with Crippen LogP contribution in [0.4, 0.5) is 5.69 Å². The molecule has 24 heavy (non-hydrogen) atoms. The molecule has 2 aromatic carbocycles. The van der Waals surface area contributed by atoms with Crippen LogP contribution >= 0.6 is 11.6 Å². The predicted molar refractivity (Wildman–Crippen MR) is 95.6 cm³/mol. The van der Waals surface area contributed by atoms with Crippen LogP contribution in [0.3, 0.4) is 0 Å². The van der Waals surface area contributed by atoms with Gasteiger partial charge in [0.1, 0.15) is 12.4 Å². The van der Waals surface area contributed by atoms with Gasteiger partial charge < -0.3 is 20.1 Å². The number of ether oxygens (including phenoxy) is 2. The van der Waals surface area contributed by atoms with E-state index in [4.69, 9.17) is 21.1 Å². The van der Waals surface area contributed by atoms with Crippen molar-refractivity contribution in [2.75, 3.05) is 32.2 Å². The van der Waals surface area contributed by atoms with E-state index < -0.39 is 0 Å². The van der Waals surface area contributed by atoms with Crippen LogP contribution in [-0.4, -0.2) is 32.8 Å². The molecule has 0 unspecified atom stereocenters. The highest BCUT2D eigenvalue weighted by atomic mass is 35.5. The first-order chi connectivity index (χ1) is 11.7. The first-order valence-electron chi connectivity index (χ1n) is 7.65. The summed E-state index contributed by atoms with van der Waals surface area (Å²) in [6.45, 7) is 1.65. The summed E-state index contributed by atoms with van der Waals surface area (Å²) in [5.41, 5.74) is 1.74. The molecule has 1 amide bonds. The highest BCUT2D eigenvalue weighted by Gasteiger charge is 2.04. The fourth-order valence-corrected chi connectivity index (χ4v) is 2.19. The smallest absolute Gasteiger partial charge is 0.239 e. The van der Waals surface area contributed by atoms with Gasteiger partial charge >= 0.3 is 0 Å². The second-order valence-electron chi connectivity index (χ2n) is 5.09. The van der Waals surface area contributed by atoms with E-state index in [0.29, 0.717) is 24.8 Å². The average molecular weight is 349 g/mol. The van der Waals surface area contributed by atoms with E-state index in [0.717, 1.165) is 17.0 Å². The Morgan fingerprint density at radius 1 is 1.08 bits per heavy atom. The van der Waals surface area contributed by atoms with Crippen molar-refractivity contribution >= 4 is 23.2 Å². The third-order valence-corrected chi connectivity index (χ3v) is 3.67. The molecule has 2 aromatic rings. The number of hydrogen-bond acceptors (Lipinski definition) is 4. The summed E-state index contributed by atoms with van der Waals surface area (Å²) < 4.78 is 10.4. The quantitative estimate of drug-likeness (QED) is 0.684. The van der Waals surface area contributed by atoms with Crippen molar-refractivity contribution in [1.82, 2.24) is 5.32 Å². The van der Waals surface area contributed by atoms with Crippen LogP contribution in [0.1, 0.15) is 5.56 Å². The van der Waals surface area contributed by atoms with Crippen LogP contribution in [0.5, 0.6) is 5.75 Å². The van der Waals surface area contributed by atoms with Gasteiger partial charge in [-0.05, 0) is 35.9 Å². The Kier molecular flexibility index (Phi) is 7.39. The highest BCUT2D eigenvalue weighted by molar-refractivity contribution is 6.31. The number of carbonyl (C=O) groups excluding carboxylic acids is 1. The second-order valence-corrected chi connectivity index (χ2v) is 5.49. The van der Waals surface area contributed by atoms with Crippen molar-refractivity contribution in [2.45, 2.75) is 6.54 Å². The first-order valence-corrected chi connectivity index (χ1v) is 8.02. The van der Waals surface area contributed by atoms with Crippen LogP contribution in [0, 0.1) is 0 Å². The number of methoxy groups -OCH3 is 1. The van der Waals surface area contributed by atoms with Gasteiger partial charge in [-0.1, -0.05) is 29.8 Å². The van der Waals surface area contributed by atoms with E-state index in [-0.39, 0.29) is 12.5 Å². The van der Waals surface area contributed by atoms with Gasteiger partial charge in [0.2, 0.25) is 5.91 Å². The molecule has 5 nitrogen and oxygen atoms in total. The minimum absolute atomic E-state index is 0.102. The number of carbonyl (C=O) groups is 1. The second kappa shape index (κ2) is 9.80. The van der Waals surface area contributed by atoms with E-state index >= 15 is 0 Å². The van der Waals surface area contributed by atoms with E-state index in [1.54, 1.807) is 13.2 Å². The molecule has 0 fully saturated rings. The van der Waals surface area contributed by atoms with E-state index in [9.17, 15) is 4.79 Å². The lowest BCUT2D eigenvalue weighted by molar-refractivity contribution is -0.119. The van der Waals surface area contributed by atoms with E-state index in [1.807, 2.05) is 42.5 Å². The molecule has 2 rings (SSSR count). The third kappa shape index (κ3) is 6.10. The number of nitrogens with one attached hydrogen (secondary N) is 2. The Labute approximate surface area is 146 Å². The van der Waals surface area contributed by atoms with Crippen LogP contribution in [0.25, 0.3) is 0 Å². The minimum Gasteiger partial charge on any atom is -0.491 e. The Morgan fingerprint density at radius 2 is 1.83 bits per heavy atom. The van der Waals surface area contributed by atoms with E-state index in [2.05, 4.69) is 10.6 Å². The van der Waals surface area contributed by atoms with Crippen LogP contribution in [0.15, 0.2) is 48.5 Å². The maximum atomic E-state index is 11.9. The Balaban J connectivity index is 1.72. The number of hydrogen-bond donors (Lipinski definition) is 2. The molecule has 0 aliphatic heterocycles. The minimum atomic E-state index is -0.102. The standard InChI is InChI=1S/C18H21ClN2O3/c1-23-10-11-24-16-8-6-15(7-9-16)20-13-18(22)21-12-14-4-2-3-5-17(14)19/h2-9,20H,10-13H2,1H3,(H,21,22). The topological polar surface area (TPSA) is 59.6 Å². The lowest BCUT2D eigenvalue weighted by Crippen LogP contribution is -2.29. The lowest BCUT2D eigenvalue weighted by atomic mass is 10.2. The number of halogens is 1. The van der Waals surface area contributed by atoms with Crippen LogP contribution in [-0.2, 0) is 16.1 Å². The van der Waals surface area contributed by atoms with Gasteiger partial charge in [0.25, 0.3) is 0 Å². The van der Waals surface area contributed by atoms with Gasteiger partial charge in [0.15, 0.2) is 0 Å². The van der Waals surface area contributed by atoms with Gasteiger partial charge in [0, 0.05) is 24.4 Å². The lowest BCUT2D eigenvalue weighted by Gasteiger charge is -2.10. The van der Waals surface area contributed by atoms with Crippen molar-refractivity contribution in [3.05, 3.63) is 59.1 Å². The zero-order chi connectivity index (χ0) is 17.2. The number of amides is 1. The summed E-state index contributed by atoms with van der Waals surface area (Å²) >= 11 is 6.05. The molecule has 2 N–H and O–H groups in total. The molecule has 0 heterocycles. The van der Waals surface area contributed by atoms with Crippen molar-refractivity contribution in [3.8, 4) is 5.75 Å². The Bertz CT molecular complexity index is 647. The molecule has 0 saturated carbocycles. The molecule has 0 aromatic heterocycles. The summed E-state index contributed by atoms with van der Waals surface area (Å²) in [6, 6.07) is 14.9. The molecule has 128 valence electrons. The molecule has 0 aliphatic rings. The summed E-state index contributed by atoms with van der Waals surface area (Å²) in [5, 5.41) is 6.54.